The predicted octanol–water partition coefficient (Wildman–Crippen LogP) is 2.75. The Balaban J connectivity index is 1.23. The number of likely N-dealkylation sites (tertiary alicyclic amines) is 1. The number of carboxylic acid groups (broad SMARTS) is 2. The number of carbonyl (C=O) groups excluding carboxylic acids is 4. The Morgan fingerprint density at radius 2 is 1.65 bits per heavy atom. The molecular formula is C40H45Cl2N8O13S2+. The summed E-state index contributed by atoms with van der Waals surface area (Å²) >= 11 is 14.6. The summed E-state index contributed by atoms with van der Waals surface area (Å²) in [5.41, 5.74) is 3.35. The highest BCUT2D eigenvalue weighted by Gasteiger charge is 2.55. The zero-order valence-electron chi connectivity index (χ0n) is 34.9. The number of quaternary nitrogens is 1. The largest absolute Gasteiger partial charge is 0.504 e. The maximum atomic E-state index is 14.2. The summed E-state index contributed by atoms with van der Waals surface area (Å²) in [6, 6.07) is 3.05. The first-order valence-electron chi connectivity index (χ1n) is 19.8. The molecule has 3 aliphatic rings. The first-order valence-corrected chi connectivity index (χ1v) is 22.5. The standard InChI is InChI=1S/C40H44Cl2N8O13S2/c1-18(14-48(34(57)21-7-9-24(52)31(54)26(21)42)11-10-44-32(55)20-6-8-23(51)30(53)25(20)41)50(12-4-5-13-50)15-19-16-64-36-28(35(58)49(36)29(19)37(59)60)46-33(56)27(22-17-65-39(43)45-22)47-63-40(2,3)38(61)62/h6-9,17-18,28,36H,4-5,10-16H2,1-3H3,(H9-,43,44,45,46,47,51,52,53,54,55,56,57,59,60,61,62)/p+1/t18?,28-,36-/m1/s1. The van der Waals surface area contributed by atoms with Crippen LogP contribution in [0.25, 0.3) is 0 Å². The van der Waals surface area contributed by atoms with Crippen LogP contribution in [0.4, 0.5) is 5.13 Å². The number of carbonyl (C=O) groups is 6. The van der Waals surface area contributed by atoms with Gasteiger partial charge in [0.15, 0.2) is 33.8 Å². The Morgan fingerprint density at radius 3 is 2.23 bits per heavy atom. The Bertz CT molecular complexity index is 2510. The number of rotatable bonds is 17. The molecule has 21 nitrogen and oxygen atoms in total. The second kappa shape index (κ2) is 19.2. The minimum Gasteiger partial charge on any atom is -0.504 e. The van der Waals surface area contributed by atoms with E-state index in [1.807, 2.05) is 6.92 Å². The molecule has 2 fully saturated rings. The molecule has 0 saturated carbocycles. The molecule has 0 spiro atoms. The SMILES string of the molecule is CC(CN(CCNC(=O)c1ccc(O)c(O)c1Cl)C(=O)c1ccc(O)c(O)c1Cl)[N+]1(CC2=C(C(=O)O)N3C(=O)[C@@H](NC(=O)/C(=N\OC(C)(C)C(=O)O)c4csc(N)n4)[C@H]3SC2)CCCC1. The van der Waals surface area contributed by atoms with E-state index in [0.717, 1.165) is 41.2 Å². The van der Waals surface area contributed by atoms with Gasteiger partial charge in [-0.25, -0.2) is 14.6 Å². The molecule has 0 radical (unpaired) electrons. The summed E-state index contributed by atoms with van der Waals surface area (Å²) in [6.45, 7) is 5.40. The molecule has 348 valence electrons. The number of nitrogens with one attached hydrogen (secondary N) is 2. The summed E-state index contributed by atoms with van der Waals surface area (Å²) in [7, 11) is 0. The average Bonchev–Trinajstić information content (AvgIpc) is 3.92. The third-order valence-corrected chi connectivity index (χ3v) is 14.2. The number of carboxylic acids is 2. The van der Waals surface area contributed by atoms with Crippen LogP contribution in [0, 0.1) is 0 Å². The van der Waals surface area contributed by atoms with Crippen LogP contribution in [0.15, 0.2) is 46.1 Å². The molecule has 6 rings (SSSR count). The topological polar surface area (TPSA) is 315 Å². The smallest absolute Gasteiger partial charge is 0.352 e. The molecule has 0 aliphatic carbocycles. The van der Waals surface area contributed by atoms with Crippen molar-refractivity contribution in [3.05, 3.63) is 67.8 Å². The van der Waals surface area contributed by atoms with Crippen LogP contribution in [-0.2, 0) is 24.0 Å². The van der Waals surface area contributed by atoms with Gasteiger partial charge in [-0.05, 0) is 45.0 Å². The molecule has 4 amide bonds. The quantitative estimate of drug-likeness (QED) is 0.0309. The molecule has 25 heteroatoms. The van der Waals surface area contributed by atoms with Crippen molar-refractivity contribution in [2.75, 3.05) is 50.8 Å². The third kappa shape index (κ3) is 9.83. The summed E-state index contributed by atoms with van der Waals surface area (Å²) in [5, 5.41) is 69.1. The Morgan fingerprint density at radius 1 is 1.03 bits per heavy atom. The molecule has 1 aromatic heterocycles. The fourth-order valence-corrected chi connectivity index (χ4v) is 10.1. The van der Waals surface area contributed by atoms with E-state index in [4.69, 9.17) is 33.8 Å². The number of aromatic nitrogens is 1. The molecule has 65 heavy (non-hydrogen) atoms. The number of anilines is 1. The molecule has 3 aliphatic heterocycles. The molecular weight excluding hydrogens is 936 g/mol. The first kappa shape index (κ1) is 48.4. The number of benzene rings is 2. The average molecular weight is 981 g/mol. The molecule has 10 N–H and O–H groups in total. The van der Waals surface area contributed by atoms with Crippen LogP contribution < -0.4 is 16.4 Å². The monoisotopic (exact) mass is 979 g/mol. The number of hydrogen-bond donors (Lipinski definition) is 9. The number of nitrogens with zero attached hydrogens (tertiary/aromatic N) is 5. The number of halogens is 2. The van der Waals surface area contributed by atoms with Gasteiger partial charge in [-0.3, -0.25) is 24.1 Å². The summed E-state index contributed by atoms with van der Waals surface area (Å²) < 4.78 is 0.302. The van der Waals surface area contributed by atoms with E-state index >= 15 is 0 Å². The Kier molecular flexibility index (Phi) is 14.3. The van der Waals surface area contributed by atoms with E-state index in [9.17, 15) is 59.4 Å². The second-order valence-corrected chi connectivity index (χ2v) is 18.8. The number of phenolic OH excluding ortho intramolecular Hbond substituents is 4. The van der Waals surface area contributed by atoms with Crippen molar-refractivity contribution < 1.29 is 68.7 Å². The zero-order chi connectivity index (χ0) is 47.7. The van der Waals surface area contributed by atoms with Crippen molar-refractivity contribution in [2.24, 2.45) is 5.16 Å². The van der Waals surface area contributed by atoms with Gasteiger partial charge < -0.3 is 61.2 Å². The zero-order valence-corrected chi connectivity index (χ0v) is 38.1. The van der Waals surface area contributed by atoms with E-state index in [1.54, 1.807) is 0 Å². The number of thiazole rings is 1. The van der Waals surface area contributed by atoms with E-state index in [-0.39, 0.29) is 64.6 Å². The van der Waals surface area contributed by atoms with Crippen molar-refractivity contribution in [1.29, 1.82) is 0 Å². The van der Waals surface area contributed by atoms with Crippen LogP contribution in [0.1, 0.15) is 60.0 Å². The van der Waals surface area contributed by atoms with Gasteiger partial charge in [0.2, 0.25) is 5.60 Å². The number of fused-ring (bicyclic) bond motifs is 1. The number of thioether (sulfide) groups is 1. The fraction of sp³-hybridized carbons (Fsp3) is 0.400. The van der Waals surface area contributed by atoms with E-state index < -0.39 is 92.4 Å². The van der Waals surface area contributed by atoms with Crippen molar-refractivity contribution >= 4 is 92.7 Å². The van der Waals surface area contributed by atoms with Crippen molar-refractivity contribution in [1.82, 2.24) is 25.4 Å². The lowest BCUT2D eigenvalue weighted by molar-refractivity contribution is -0.933. The first-order chi connectivity index (χ1) is 30.6. The highest BCUT2D eigenvalue weighted by atomic mass is 35.5. The number of aromatic hydroxyl groups is 4. The van der Waals surface area contributed by atoms with Gasteiger partial charge >= 0.3 is 11.9 Å². The fourth-order valence-electron chi connectivity index (χ4n) is 7.70. The number of nitrogen functional groups attached to an aromatic ring is 1. The van der Waals surface area contributed by atoms with Crippen LogP contribution >= 0.6 is 46.3 Å². The highest BCUT2D eigenvalue weighted by molar-refractivity contribution is 8.00. The molecule has 0 bridgehead atoms. The van der Waals surface area contributed by atoms with Crippen LogP contribution in [0.3, 0.4) is 0 Å². The number of amides is 4. The van der Waals surface area contributed by atoms with Gasteiger partial charge in [0, 0.05) is 42.6 Å². The molecule has 3 atom stereocenters. The van der Waals surface area contributed by atoms with Gasteiger partial charge in [0.1, 0.15) is 35.4 Å². The minimum atomic E-state index is -1.84. The van der Waals surface area contributed by atoms with Crippen LogP contribution in [-0.4, -0.2) is 159 Å². The van der Waals surface area contributed by atoms with Gasteiger partial charge in [-0.2, -0.15) is 0 Å². The maximum Gasteiger partial charge on any atom is 0.352 e. The molecule has 1 unspecified atom stereocenters. The van der Waals surface area contributed by atoms with Crippen LogP contribution in [0.2, 0.25) is 10.0 Å². The van der Waals surface area contributed by atoms with Crippen LogP contribution in [0.5, 0.6) is 23.0 Å². The summed E-state index contributed by atoms with van der Waals surface area (Å²) in [5.74, 6) is -8.09. The molecule has 4 heterocycles. The van der Waals surface area contributed by atoms with E-state index in [0.29, 0.717) is 23.1 Å². The number of nitrogens with two attached hydrogens (primary N) is 1. The Hall–Kier alpha value is -6.01. The van der Waals surface area contributed by atoms with Gasteiger partial charge in [-0.1, -0.05) is 28.4 Å². The normalized spacial score (nSPS) is 18.6. The number of hydrogen-bond acceptors (Lipinski definition) is 16. The van der Waals surface area contributed by atoms with Gasteiger partial charge in [0.05, 0.1) is 40.8 Å². The lowest BCUT2D eigenvalue weighted by Gasteiger charge is -2.50. The van der Waals surface area contributed by atoms with E-state index in [2.05, 4.69) is 20.8 Å². The van der Waals surface area contributed by atoms with Gasteiger partial charge in [0.25, 0.3) is 23.6 Å². The van der Waals surface area contributed by atoms with Crippen molar-refractivity contribution in [3.8, 4) is 23.0 Å². The number of phenols is 4. The number of β-lactam (4-membered cyclic amide) rings is 1. The Labute approximate surface area is 388 Å². The third-order valence-electron chi connectivity index (χ3n) is 11.4. The van der Waals surface area contributed by atoms with Crippen molar-refractivity contribution in [2.45, 2.75) is 56.7 Å². The molecule has 2 saturated heterocycles. The predicted molar refractivity (Wildman–Crippen MR) is 237 cm³/mol. The lowest BCUT2D eigenvalue weighted by Crippen LogP contribution is -2.71. The number of oxime groups is 1. The van der Waals surface area contributed by atoms with E-state index in [1.165, 1.54) is 48.0 Å². The summed E-state index contributed by atoms with van der Waals surface area (Å²) in [6.07, 6.45) is 1.52. The lowest BCUT2D eigenvalue weighted by atomic mass is 10.0. The molecule has 3 aromatic rings. The minimum absolute atomic E-state index is 0.0253. The second-order valence-electron chi connectivity index (χ2n) is 16.0. The number of aliphatic carboxylic acids is 2. The highest BCUT2D eigenvalue weighted by Crippen LogP contribution is 2.43. The summed E-state index contributed by atoms with van der Waals surface area (Å²) in [4.78, 5) is 91.1. The van der Waals surface area contributed by atoms with Gasteiger partial charge in [-0.15, -0.1) is 23.1 Å². The maximum absolute atomic E-state index is 14.2. The van der Waals surface area contributed by atoms with Crippen molar-refractivity contribution in [3.63, 3.8) is 0 Å². The molecule has 2 aromatic carbocycles.